The van der Waals surface area contributed by atoms with E-state index in [9.17, 15) is 4.79 Å². The number of hydrazone groups is 1. The van der Waals surface area contributed by atoms with Crippen molar-refractivity contribution < 1.29 is 4.74 Å². The summed E-state index contributed by atoms with van der Waals surface area (Å²) >= 11 is 0. The summed E-state index contributed by atoms with van der Waals surface area (Å²) in [6, 6.07) is 9.07. The van der Waals surface area contributed by atoms with Crippen molar-refractivity contribution in [3.63, 3.8) is 0 Å². The number of H-pyrrole nitrogens is 1. The number of nitrogens with one attached hydrogen (secondary N) is 2. The average Bonchev–Trinajstić information content (AvgIpc) is 2.45. The molecule has 0 aliphatic heterocycles. The van der Waals surface area contributed by atoms with Crippen LogP contribution in [0.2, 0.25) is 0 Å². The fraction of sp³-hybridized carbons (Fsp3) is 0.267. The second-order valence-electron chi connectivity index (χ2n) is 4.50. The van der Waals surface area contributed by atoms with Crippen LogP contribution in [0.15, 0.2) is 40.2 Å². The SMILES string of the molecule is CCOc1ccc(C(C)=NNc2nc(C)cc(=O)[nH]2)cc1. The van der Waals surface area contributed by atoms with Gasteiger partial charge in [0.2, 0.25) is 5.95 Å². The third-order valence-electron chi connectivity index (χ3n) is 2.78. The minimum Gasteiger partial charge on any atom is -0.494 e. The number of anilines is 1. The fourth-order valence-electron chi connectivity index (χ4n) is 1.79. The normalized spacial score (nSPS) is 11.3. The first-order valence-corrected chi connectivity index (χ1v) is 6.70. The van der Waals surface area contributed by atoms with E-state index >= 15 is 0 Å². The maximum Gasteiger partial charge on any atom is 0.252 e. The molecule has 0 atom stereocenters. The standard InChI is InChI=1S/C15H18N4O2/c1-4-21-13-7-5-12(6-8-13)11(3)18-19-15-16-10(2)9-14(20)17-15/h5-9H,4H2,1-3H3,(H2,16,17,19,20). The van der Waals surface area contributed by atoms with E-state index in [1.165, 1.54) is 6.07 Å². The van der Waals surface area contributed by atoms with E-state index in [1.54, 1.807) is 6.92 Å². The zero-order valence-corrected chi connectivity index (χ0v) is 12.3. The first-order valence-electron chi connectivity index (χ1n) is 6.70. The molecular formula is C15H18N4O2. The number of aromatic nitrogens is 2. The van der Waals surface area contributed by atoms with Crippen LogP contribution < -0.4 is 15.7 Å². The summed E-state index contributed by atoms with van der Waals surface area (Å²) in [7, 11) is 0. The first kappa shape index (κ1) is 14.8. The number of ether oxygens (including phenoxy) is 1. The number of hydrogen-bond acceptors (Lipinski definition) is 5. The monoisotopic (exact) mass is 286 g/mol. The largest absolute Gasteiger partial charge is 0.494 e. The molecule has 0 amide bonds. The highest BCUT2D eigenvalue weighted by Crippen LogP contribution is 2.12. The zero-order chi connectivity index (χ0) is 15.2. The predicted molar refractivity (Wildman–Crippen MR) is 83.0 cm³/mol. The first-order chi connectivity index (χ1) is 10.1. The van der Waals surface area contributed by atoms with Gasteiger partial charge in [0.25, 0.3) is 5.56 Å². The number of aryl methyl sites for hydroxylation is 1. The van der Waals surface area contributed by atoms with Crippen LogP contribution in [-0.2, 0) is 0 Å². The molecule has 0 aliphatic carbocycles. The van der Waals surface area contributed by atoms with Gasteiger partial charge in [-0.25, -0.2) is 10.4 Å². The number of nitrogens with zero attached hydrogens (tertiary/aromatic N) is 2. The summed E-state index contributed by atoms with van der Waals surface area (Å²) in [5.74, 6) is 1.15. The van der Waals surface area contributed by atoms with Crippen molar-refractivity contribution in [2.45, 2.75) is 20.8 Å². The Morgan fingerprint density at radius 2 is 2.10 bits per heavy atom. The van der Waals surface area contributed by atoms with Gasteiger partial charge in [0.15, 0.2) is 0 Å². The summed E-state index contributed by atoms with van der Waals surface area (Å²) in [5.41, 5.74) is 4.92. The molecule has 0 fully saturated rings. The van der Waals surface area contributed by atoms with E-state index in [2.05, 4.69) is 20.5 Å². The number of aromatic amines is 1. The van der Waals surface area contributed by atoms with Gasteiger partial charge in [-0.05, 0) is 50.6 Å². The van der Waals surface area contributed by atoms with Gasteiger partial charge in [-0.3, -0.25) is 9.78 Å². The van der Waals surface area contributed by atoms with Crippen molar-refractivity contribution in [3.8, 4) is 5.75 Å². The summed E-state index contributed by atoms with van der Waals surface area (Å²) in [5, 5.41) is 4.22. The van der Waals surface area contributed by atoms with Crippen LogP contribution in [0.4, 0.5) is 5.95 Å². The lowest BCUT2D eigenvalue weighted by Gasteiger charge is -2.05. The van der Waals surface area contributed by atoms with Crippen LogP contribution in [0.5, 0.6) is 5.75 Å². The van der Waals surface area contributed by atoms with Crippen LogP contribution in [0.25, 0.3) is 0 Å². The van der Waals surface area contributed by atoms with E-state index < -0.39 is 0 Å². The zero-order valence-electron chi connectivity index (χ0n) is 12.3. The molecule has 110 valence electrons. The molecule has 1 aromatic heterocycles. The molecule has 0 bridgehead atoms. The lowest BCUT2D eigenvalue weighted by molar-refractivity contribution is 0.340. The van der Waals surface area contributed by atoms with Crippen LogP contribution >= 0.6 is 0 Å². The Morgan fingerprint density at radius 3 is 2.71 bits per heavy atom. The van der Waals surface area contributed by atoms with Crippen molar-refractivity contribution in [3.05, 3.63) is 51.9 Å². The molecule has 0 radical (unpaired) electrons. The van der Waals surface area contributed by atoms with E-state index in [4.69, 9.17) is 4.74 Å². The molecule has 0 unspecified atom stereocenters. The highest BCUT2D eigenvalue weighted by Gasteiger charge is 2.00. The lowest BCUT2D eigenvalue weighted by atomic mass is 10.1. The van der Waals surface area contributed by atoms with Crippen LogP contribution in [-0.4, -0.2) is 22.3 Å². The summed E-state index contributed by atoms with van der Waals surface area (Å²) < 4.78 is 5.39. The molecule has 6 heteroatoms. The predicted octanol–water partition coefficient (Wildman–Crippen LogP) is 2.31. The molecule has 2 rings (SSSR count). The van der Waals surface area contributed by atoms with Gasteiger partial charge >= 0.3 is 0 Å². The van der Waals surface area contributed by atoms with Crippen LogP contribution in [0, 0.1) is 6.92 Å². The molecule has 0 saturated heterocycles. The second-order valence-corrected chi connectivity index (χ2v) is 4.50. The Hall–Kier alpha value is -2.63. The van der Waals surface area contributed by atoms with Gasteiger partial charge in [0.1, 0.15) is 5.75 Å². The van der Waals surface area contributed by atoms with Crippen molar-refractivity contribution in [2.24, 2.45) is 5.10 Å². The molecule has 0 spiro atoms. The minimum atomic E-state index is -0.209. The Bertz CT molecular complexity index is 690. The molecule has 1 heterocycles. The molecule has 2 N–H and O–H groups in total. The minimum absolute atomic E-state index is 0.209. The van der Waals surface area contributed by atoms with Gasteiger partial charge in [-0.2, -0.15) is 5.10 Å². The maximum atomic E-state index is 11.3. The third-order valence-corrected chi connectivity index (χ3v) is 2.78. The van der Waals surface area contributed by atoms with Crippen LogP contribution in [0.3, 0.4) is 0 Å². The van der Waals surface area contributed by atoms with Gasteiger partial charge in [-0.15, -0.1) is 0 Å². The van der Waals surface area contributed by atoms with Gasteiger partial charge in [-0.1, -0.05) is 0 Å². The molecule has 6 nitrogen and oxygen atoms in total. The highest BCUT2D eigenvalue weighted by atomic mass is 16.5. The Morgan fingerprint density at radius 1 is 1.38 bits per heavy atom. The summed E-state index contributed by atoms with van der Waals surface area (Å²) in [6.45, 7) is 6.21. The van der Waals surface area contributed by atoms with Gasteiger partial charge in [0, 0.05) is 11.8 Å². The Balaban J connectivity index is 2.11. The van der Waals surface area contributed by atoms with E-state index in [1.807, 2.05) is 38.1 Å². The molecule has 0 aliphatic rings. The topological polar surface area (TPSA) is 79.4 Å². The summed E-state index contributed by atoms with van der Waals surface area (Å²) in [6.07, 6.45) is 0. The molecule has 1 aromatic carbocycles. The Labute approximate surface area is 122 Å². The Kier molecular flexibility index (Phi) is 4.71. The molecule has 21 heavy (non-hydrogen) atoms. The van der Waals surface area contributed by atoms with Crippen LogP contribution in [0.1, 0.15) is 25.1 Å². The number of benzene rings is 1. The molecular weight excluding hydrogens is 268 g/mol. The third kappa shape index (κ3) is 4.17. The maximum absolute atomic E-state index is 11.3. The highest BCUT2D eigenvalue weighted by molar-refractivity contribution is 5.99. The molecule has 2 aromatic rings. The van der Waals surface area contributed by atoms with E-state index in [0.717, 1.165) is 17.0 Å². The van der Waals surface area contributed by atoms with Crippen molar-refractivity contribution >= 4 is 11.7 Å². The molecule has 0 saturated carbocycles. The fourth-order valence-corrected chi connectivity index (χ4v) is 1.79. The second kappa shape index (κ2) is 6.69. The lowest BCUT2D eigenvalue weighted by Crippen LogP contribution is -2.11. The van der Waals surface area contributed by atoms with Crippen molar-refractivity contribution in [1.29, 1.82) is 0 Å². The number of hydrogen-bond donors (Lipinski definition) is 2. The number of rotatable bonds is 5. The summed E-state index contributed by atoms with van der Waals surface area (Å²) in [4.78, 5) is 18.0. The average molecular weight is 286 g/mol. The van der Waals surface area contributed by atoms with Gasteiger partial charge in [0.05, 0.1) is 12.3 Å². The van der Waals surface area contributed by atoms with E-state index in [0.29, 0.717) is 18.2 Å². The van der Waals surface area contributed by atoms with E-state index in [-0.39, 0.29) is 5.56 Å². The smallest absolute Gasteiger partial charge is 0.252 e. The van der Waals surface area contributed by atoms with Crippen molar-refractivity contribution in [1.82, 2.24) is 9.97 Å². The van der Waals surface area contributed by atoms with Gasteiger partial charge < -0.3 is 4.74 Å². The van der Waals surface area contributed by atoms with Crippen molar-refractivity contribution in [2.75, 3.05) is 12.0 Å². The quantitative estimate of drug-likeness (QED) is 0.653.